The summed E-state index contributed by atoms with van der Waals surface area (Å²) in [7, 11) is 1.61. The number of anilines is 1. The molecule has 2 aromatic carbocycles. The highest BCUT2D eigenvalue weighted by atomic mass is 32.1. The number of rotatable bonds is 6. The van der Waals surface area contributed by atoms with Crippen molar-refractivity contribution >= 4 is 24.3 Å². The standard InChI is InChI=1S/C16H18N2O3S/c1-20-12-6-8-13(9-7-12)21-11-10-17-16(19)18-14-4-2-3-5-15(14)22/h2-9,22H,10-11H2,1H3,(H2,17,18,19). The molecule has 0 bridgehead atoms. The van der Waals surface area contributed by atoms with E-state index in [1.165, 1.54) is 0 Å². The minimum Gasteiger partial charge on any atom is -0.497 e. The van der Waals surface area contributed by atoms with Crippen LogP contribution in [0.25, 0.3) is 0 Å². The number of benzene rings is 2. The summed E-state index contributed by atoms with van der Waals surface area (Å²) in [5.41, 5.74) is 0.666. The molecule has 2 aromatic rings. The van der Waals surface area contributed by atoms with E-state index in [1.807, 2.05) is 42.5 Å². The molecule has 116 valence electrons. The first kappa shape index (κ1) is 16.0. The Morgan fingerprint density at radius 3 is 2.45 bits per heavy atom. The fourth-order valence-electron chi connectivity index (χ4n) is 1.75. The van der Waals surface area contributed by atoms with Gasteiger partial charge in [0.15, 0.2) is 0 Å². The minimum atomic E-state index is -0.292. The predicted molar refractivity (Wildman–Crippen MR) is 89.2 cm³/mol. The highest BCUT2D eigenvalue weighted by Crippen LogP contribution is 2.18. The molecule has 0 unspecified atom stereocenters. The number of ether oxygens (including phenoxy) is 2. The van der Waals surface area contributed by atoms with Crippen molar-refractivity contribution in [2.45, 2.75) is 4.90 Å². The molecule has 5 nitrogen and oxygen atoms in total. The Kier molecular flexibility index (Phi) is 5.97. The van der Waals surface area contributed by atoms with Crippen molar-refractivity contribution in [1.29, 1.82) is 0 Å². The molecular weight excluding hydrogens is 300 g/mol. The number of para-hydroxylation sites is 1. The zero-order valence-corrected chi connectivity index (χ0v) is 13.1. The minimum absolute atomic E-state index is 0.292. The highest BCUT2D eigenvalue weighted by Gasteiger charge is 2.03. The van der Waals surface area contributed by atoms with E-state index >= 15 is 0 Å². The number of carbonyl (C=O) groups excluding carboxylic acids is 1. The van der Waals surface area contributed by atoms with Gasteiger partial charge in [0.25, 0.3) is 0 Å². The lowest BCUT2D eigenvalue weighted by Crippen LogP contribution is -2.32. The molecular formula is C16H18N2O3S. The van der Waals surface area contributed by atoms with Gasteiger partial charge in [-0.2, -0.15) is 0 Å². The van der Waals surface area contributed by atoms with E-state index in [1.54, 1.807) is 13.2 Å². The lowest BCUT2D eigenvalue weighted by molar-refractivity contribution is 0.247. The largest absolute Gasteiger partial charge is 0.497 e. The van der Waals surface area contributed by atoms with Gasteiger partial charge >= 0.3 is 6.03 Å². The quantitative estimate of drug-likeness (QED) is 0.566. The lowest BCUT2D eigenvalue weighted by atomic mass is 10.3. The van der Waals surface area contributed by atoms with E-state index in [-0.39, 0.29) is 6.03 Å². The van der Waals surface area contributed by atoms with Crippen LogP contribution in [-0.2, 0) is 0 Å². The Labute approximate surface area is 135 Å². The zero-order valence-electron chi connectivity index (χ0n) is 12.2. The normalized spacial score (nSPS) is 9.91. The number of carbonyl (C=O) groups is 1. The second-order valence-corrected chi connectivity index (χ2v) is 4.90. The van der Waals surface area contributed by atoms with E-state index in [9.17, 15) is 4.79 Å². The van der Waals surface area contributed by atoms with Crippen LogP contribution in [-0.4, -0.2) is 26.3 Å². The molecule has 0 saturated carbocycles. The van der Waals surface area contributed by atoms with Crippen LogP contribution >= 0.6 is 12.6 Å². The Bertz CT molecular complexity index is 617. The maximum absolute atomic E-state index is 11.7. The van der Waals surface area contributed by atoms with Crippen LogP contribution in [0.3, 0.4) is 0 Å². The fourth-order valence-corrected chi connectivity index (χ4v) is 1.97. The van der Waals surface area contributed by atoms with E-state index < -0.39 is 0 Å². The summed E-state index contributed by atoms with van der Waals surface area (Å²) in [6.45, 7) is 0.773. The number of urea groups is 1. The van der Waals surface area contributed by atoms with Crippen LogP contribution in [0.1, 0.15) is 0 Å². The van der Waals surface area contributed by atoms with Crippen LogP contribution in [0.15, 0.2) is 53.4 Å². The van der Waals surface area contributed by atoms with Gasteiger partial charge in [0.1, 0.15) is 18.1 Å². The summed E-state index contributed by atoms with van der Waals surface area (Å²) in [4.78, 5) is 12.4. The zero-order chi connectivity index (χ0) is 15.8. The fraction of sp³-hybridized carbons (Fsp3) is 0.188. The maximum atomic E-state index is 11.7. The van der Waals surface area contributed by atoms with Crippen molar-refractivity contribution in [2.24, 2.45) is 0 Å². The number of methoxy groups -OCH3 is 1. The summed E-state index contributed by atoms with van der Waals surface area (Å²) in [6.07, 6.45) is 0. The molecule has 2 N–H and O–H groups in total. The molecule has 0 aliphatic carbocycles. The Hall–Kier alpha value is -2.34. The monoisotopic (exact) mass is 318 g/mol. The smallest absolute Gasteiger partial charge is 0.319 e. The third kappa shape index (κ3) is 4.89. The number of hydrogen-bond acceptors (Lipinski definition) is 4. The van der Waals surface area contributed by atoms with E-state index in [0.29, 0.717) is 23.7 Å². The van der Waals surface area contributed by atoms with E-state index in [2.05, 4.69) is 23.3 Å². The van der Waals surface area contributed by atoms with Crippen molar-refractivity contribution in [3.8, 4) is 11.5 Å². The molecule has 2 amide bonds. The van der Waals surface area contributed by atoms with Gasteiger partial charge in [-0.3, -0.25) is 0 Å². The van der Waals surface area contributed by atoms with Gasteiger partial charge in [0.05, 0.1) is 19.3 Å². The molecule has 0 aliphatic rings. The van der Waals surface area contributed by atoms with Gasteiger partial charge in [0, 0.05) is 4.90 Å². The number of hydrogen-bond donors (Lipinski definition) is 3. The molecule has 22 heavy (non-hydrogen) atoms. The molecule has 2 rings (SSSR count). The number of amides is 2. The first-order valence-electron chi connectivity index (χ1n) is 6.79. The summed E-state index contributed by atoms with van der Waals surface area (Å²) in [5, 5.41) is 5.44. The molecule has 0 aromatic heterocycles. The average molecular weight is 318 g/mol. The van der Waals surface area contributed by atoms with Gasteiger partial charge in [-0.15, -0.1) is 12.6 Å². The van der Waals surface area contributed by atoms with Crippen LogP contribution in [0.4, 0.5) is 10.5 Å². The Morgan fingerprint density at radius 1 is 1.09 bits per heavy atom. The predicted octanol–water partition coefficient (Wildman–Crippen LogP) is 3.18. The van der Waals surface area contributed by atoms with Gasteiger partial charge < -0.3 is 20.1 Å². The second kappa shape index (κ2) is 8.19. The highest BCUT2D eigenvalue weighted by molar-refractivity contribution is 7.80. The molecule has 0 heterocycles. The van der Waals surface area contributed by atoms with Crippen molar-refractivity contribution in [1.82, 2.24) is 5.32 Å². The first-order valence-corrected chi connectivity index (χ1v) is 7.23. The van der Waals surface area contributed by atoms with E-state index in [0.717, 1.165) is 11.5 Å². The van der Waals surface area contributed by atoms with Gasteiger partial charge in [-0.05, 0) is 36.4 Å². The molecule has 0 aliphatic heterocycles. The number of thiol groups is 1. The lowest BCUT2D eigenvalue weighted by Gasteiger charge is -2.10. The SMILES string of the molecule is COc1ccc(OCCNC(=O)Nc2ccccc2S)cc1. The summed E-state index contributed by atoms with van der Waals surface area (Å²) < 4.78 is 10.6. The molecule has 0 saturated heterocycles. The summed E-state index contributed by atoms with van der Waals surface area (Å²) in [6, 6.07) is 14.3. The number of nitrogens with one attached hydrogen (secondary N) is 2. The van der Waals surface area contributed by atoms with Crippen LogP contribution < -0.4 is 20.1 Å². The second-order valence-electron chi connectivity index (χ2n) is 4.42. The van der Waals surface area contributed by atoms with Gasteiger partial charge in [-0.1, -0.05) is 12.1 Å². The van der Waals surface area contributed by atoms with Crippen molar-refractivity contribution in [3.63, 3.8) is 0 Å². The van der Waals surface area contributed by atoms with Crippen molar-refractivity contribution in [3.05, 3.63) is 48.5 Å². The molecule has 0 spiro atoms. The van der Waals surface area contributed by atoms with Crippen molar-refractivity contribution in [2.75, 3.05) is 25.6 Å². The maximum Gasteiger partial charge on any atom is 0.319 e. The molecule has 0 atom stereocenters. The van der Waals surface area contributed by atoms with Crippen LogP contribution in [0.2, 0.25) is 0 Å². The third-order valence-corrected chi connectivity index (χ3v) is 3.26. The molecule has 0 radical (unpaired) electrons. The Morgan fingerprint density at radius 2 is 1.77 bits per heavy atom. The Balaban J connectivity index is 1.69. The third-order valence-electron chi connectivity index (χ3n) is 2.87. The van der Waals surface area contributed by atoms with Crippen LogP contribution in [0.5, 0.6) is 11.5 Å². The molecule has 6 heteroatoms. The summed E-state index contributed by atoms with van der Waals surface area (Å²) in [5.74, 6) is 1.50. The van der Waals surface area contributed by atoms with Gasteiger partial charge in [-0.25, -0.2) is 4.79 Å². The summed E-state index contributed by atoms with van der Waals surface area (Å²) >= 11 is 4.27. The van der Waals surface area contributed by atoms with Crippen LogP contribution in [0, 0.1) is 0 Å². The molecule has 0 fully saturated rings. The van der Waals surface area contributed by atoms with Gasteiger partial charge in [0.2, 0.25) is 0 Å². The topological polar surface area (TPSA) is 59.6 Å². The van der Waals surface area contributed by atoms with Crippen molar-refractivity contribution < 1.29 is 14.3 Å². The van der Waals surface area contributed by atoms with E-state index in [4.69, 9.17) is 9.47 Å². The average Bonchev–Trinajstić information content (AvgIpc) is 2.54. The first-order chi connectivity index (χ1) is 10.7.